The Labute approximate surface area is 265 Å². The highest BCUT2D eigenvalue weighted by Gasteiger charge is 2.02. The fourth-order valence-electron chi connectivity index (χ4n) is 5.70. The normalized spacial score (nSPS) is 11.8. The van der Waals surface area contributed by atoms with Gasteiger partial charge in [-0.15, -0.1) is 0 Å². The Balaban J connectivity index is 3.20. The molecule has 0 aromatic carbocycles. The number of allylic oxidation sites excluding steroid dienone is 4. The third kappa shape index (κ3) is 37.0. The van der Waals surface area contributed by atoms with Crippen LogP contribution in [0.3, 0.4) is 0 Å². The van der Waals surface area contributed by atoms with E-state index in [1.54, 1.807) is 0 Å². The predicted octanol–water partition coefficient (Wildman–Crippen LogP) is 14.2. The van der Waals surface area contributed by atoms with Crippen molar-refractivity contribution in [2.75, 3.05) is 6.61 Å². The van der Waals surface area contributed by atoms with Crippen LogP contribution < -0.4 is 0 Å². The van der Waals surface area contributed by atoms with Gasteiger partial charge in [0, 0.05) is 6.42 Å². The SMILES string of the molecule is CCCCC/C=C\C/C=C\CCCCCCCCOC(=O)CCCCCCCCCCCCCCCCCCCCC. The van der Waals surface area contributed by atoms with Gasteiger partial charge in [-0.1, -0.05) is 192 Å². The van der Waals surface area contributed by atoms with E-state index in [0.717, 1.165) is 19.3 Å². The third-order valence-corrected chi connectivity index (χ3v) is 8.59. The predicted molar refractivity (Wildman–Crippen MR) is 188 cm³/mol. The topological polar surface area (TPSA) is 26.3 Å². The maximum atomic E-state index is 12.0. The highest BCUT2D eigenvalue weighted by molar-refractivity contribution is 5.69. The molecular weight excluding hydrogens is 512 g/mol. The first-order valence-electron chi connectivity index (χ1n) is 19.3. The van der Waals surface area contributed by atoms with Gasteiger partial charge >= 0.3 is 5.97 Å². The third-order valence-electron chi connectivity index (χ3n) is 8.59. The van der Waals surface area contributed by atoms with Crippen molar-refractivity contribution in [3.8, 4) is 0 Å². The van der Waals surface area contributed by atoms with Crippen molar-refractivity contribution in [1.82, 2.24) is 0 Å². The summed E-state index contributed by atoms with van der Waals surface area (Å²) < 4.78 is 5.44. The number of hydrogen-bond donors (Lipinski definition) is 0. The number of carbonyl (C=O) groups is 1. The van der Waals surface area contributed by atoms with Crippen LogP contribution in [-0.2, 0) is 9.53 Å². The number of rotatable bonds is 35. The first kappa shape index (κ1) is 41.0. The number of hydrogen-bond acceptors (Lipinski definition) is 2. The van der Waals surface area contributed by atoms with Gasteiger partial charge in [0.25, 0.3) is 0 Å². The second-order valence-corrected chi connectivity index (χ2v) is 12.9. The molecule has 0 aliphatic carbocycles. The molecule has 248 valence electrons. The van der Waals surface area contributed by atoms with Crippen LogP contribution in [0.2, 0.25) is 0 Å². The Morgan fingerprint density at radius 1 is 0.405 bits per heavy atom. The van der Waals surface area contributed by atoms with Crippen LogP contribution in [0.25, 0.3) is 0 Å². The van der Waals surface area contributed by atoms with Crippen LogP contribution in [0, 0.1) is 0 Å². The fourth-order valence-corrected chi connectivity index (χ4v) is 5.70. The summed E-state index contributed by atoms with van der Waals surface area (Å²) in [5, 5.41) is 0. The molecule has 0 N–H and O–H groups in total. The van der Waals surface area contributed by atoms with Crippen LogP contribution in [0.1, 0.15) is 219 Å². The van der Waals surface area contributed by atoms with Crippen molar-refractivity contribution in [2.45, 2.75) is 219 Å². The molecule has 0 spiro atoms. The summed E-state index contributed by atoms with van der Waals surface area (Å²) in [6, 6.07) is 0. The molecule has 0 unspecified atom stereocenters. The minimum absolute atomic E-state index is 0.0181. The van der Waals surface area contributed by atoms with Crippen molar-refractivity contribution in [2.24, 2.45) is 0 Å². The van der Waals surface area contributed by atoms with Crippen molar-refractivity contribution in [3.05, 3.63) is 24.3 Å². The molecule has 0 saturated heterocycles. The second-order valence-electron chi connectivity index (χ2n) is 12.9. The highest BCUT2D eigenvalue weighted by atomic mass is 16.5. The Hall–Kier alpha value is -1.05. The molecule has 0 aliphatic rings. The van der Waals surface area contributed by atoms with Crippen LogP contribution >= 0.6 is 0 Å². The molecule has 0 fully saturated rings. The molecule has 0 aromatic heterocycles. The molecule has 2 heteroatoms. The summed E-state index contributed by atoms with van der Waals surface area (Å²) in [6.45, 7) is 5.17. The van der Waals surface area contributed by atoms with Gasteiger partial charge in [0.2, 0.25) is 0 Å². The van der Waals surface area contributed by atoms with Gasteiger partial charge in [0.15, 0.2) is 0 Å². The molecule has 2 nitrogen and oxygen atoms in total. The van der Waals surface area contributed by atoms with Crippen LogP contribution in [0.15, 0.2) is 24.3 Å². The number of ether oxygens (including phenoxy) is 1. The van der Waals surface area contributed by atoms with Gasteiger partial charge in [-0.2, -0.15) is 0 Å². The van der Waals surface area contributed by atoms with Crippen LogP contribution in [0.5, 0.6) is 0 Å². The first-order valence-corrected chi connectivity index (χ1v) is 19.3. The smallest absolute Gasteiger partial charge is 0.305 e. The Morgan fingerprint density at radius 3 is 1.19 bits per heavy atom. The second kappa shape index (κ2) is 38.0. The highest BCUT2D eigenvalue weighted by Crippen LogP contribution is 2.15. The quantitative estimate of drug-likeness (QED) is 0.0418. The minimum Gasteiger partial charge on any atom is -0.466 e. The summed E-state index contributed by atoms with van der Waals surface area (Å²) in [5.41, 5.74) is 0. The van der Waals surface area contributed by atoms with E-state index in [-0.39, 0.29) is 5.97 Å². The molecule has 0 saturated carbocycles. The van der Waals surface area contributed by atoms with Crippen molar-refractivity contribution in [1.29, 1.82) is 0 Å². The van der Waals surface area contributed by atoms with Crippen LogP contribution in [-0.4, -0.2) is 12.6 Å². The lowest BCUT2D eigenvalue weighted by Crippen LogP contribution is -2.05. The summed E-state index contributed by atoms with van der Waals surface area (Å²) >= 11 is 0. The Bertz CT molecular complexity index is 564. The molecule has 0 aliphatic heterocycles. The van der Waals surface area contributed by atoms with Gasteiger partial charge in [0.1, 0.15) is 0 Å². The van der Waals surface area contributed by atoms with E-state index in [0.29, 0.717) is 13.0 Å². The molecule has 0 aromatic rings. The lowest BCUT2D eigenvalue weighted by Gasteiger charge is -2.05. The summed E-state index contributed by atoms with van der Waals surface area (Å²) in [5.74, 6) is 0.0181. The summed E-state index contributed by atoms with van der Waals surface area (Å²) in [6.07, 6.45) is 51.1. The van der Waals surface area contributed by atoms with E-state index in [1.807, 2.05) is 0 Å². The largest absolute Gasteiger partial charge is 0.466 e. The zero-order valence-corrected chi connectivity index (χ0v) is 29.0. The van der Waals surface area contributed by atoms with Gasteiger partial charge in [-0.3, -0.25) is 4.79 Å². The monoisotopic (exact) mass is 589 g/mol. The molecule has 0 atom stereocenters. The van der Waals surface area contributed by atoms with E-state index < -0.39 is 0 Å². The molecule has 42 heavy (non-hydrogen) atoms. The lowest BCUT2D eigenvalue weighted by atomic mass is 10.0. The molecule has 0 amide bonds. The van der Waals surface area contributed by atoms with Crippen LogP contribution in [0.4, 0.5) is 0 Å². The lowest BCUT2D eigenvalue weighted by molar-refractivity contribution is -0.143. The molecule has 0 rings (SSSR count). The van der Waals surface area contributed by atoms with Crippen molar-refractivity contribution < 1.29 is 9.53 Å². The Morgan fingerprint density at radius 2 is 0.738 bits per heavy atom. The summed E-state index contributed by atoms with van der Waals surface area (Å²) in [4.78, 5) is 12.0. The first-order chi connectivity index (χ1) is 20.8. The minimum atomic E-state index is 0.0181. The van der Waals surface area contributed by atoms with Crippen molar-refractivity contribution >= 4 is 5.97 Å². The Kier molecular flexibility index (Phi) is 37.0. The van der Waals surface area contributed by atoms with Gasteiger partial charge in [-0.25, -0.2) is 0 Å². The number of unbranched alkanes of at least 4 members (excludes halogenated alkanes) is 27. The zero-order valence-electron chi connectivity index (χ0n) is 29.0. The number of esters is 1. The van der Waals surface area contributed by atoms with Gasteiger partial charge < -0.3 is 4.74 Å². The van der Waals surface area contributed by atoms with Crippen molar-refractivity contribution in [3.63, 3.8) is 0 Å². The molecule has 0 heterocycles. The zero-order chi connectivity index (χ0) is 30.4. The average molecular weight is 589 g/mol. The standard InChI is InChI=1S/C40H76O2/c1-3-5-7-9-11-13-15-17-19-21-22-23-24-26-28-30-32-34-36-38-40(41)42-39-37-35-33-31-29-27-25-20-18-16-14-12-10-8-6-4-2/h12,14,18,20H,3-11,13,15-17,19,21-39H2,1-2H3/b14-12-,20-18-. The van der Waals surface area contributed by atoms with Gasteiger partial charge in [-0.05, 0) is 44.9 Å². The summed E-state index contributed by atoms with van der Waals surface area (Å²) in [7, 11) is 0. The van der Waals surface area contributed by atoms with E-state index in [1.165, 1.54) is 180 Å². The molecule has 0 bridgehead atoms. The fraction of sp³-hybridized carbons (Fsp3) is 0.875. The maximum absolute atomic E-state index is 12.0. The van der Waals surface area contributed by atoms with E-state index in [2.05, 4.69) is 38.2 Å². The molecular formula is C40H76O2. The number of carbonyl (C=O) groups excluding carboxylic acids is 1. The maximum Gasteiger partial charge on any atom is 0.305 e. The van der Waals surface area contributed by atoms with E-state index in [4.69, 9.17) is 4.74 Å². The molecule has 0 radical (unpaired) electrons. The van der Waals surface area contributed by atoms with E-state index >= 15 is 0 Å². The average Bonchev–Trinajstić information content (AvgIpc) is 3.00. The van der Waals surface area contributed by atoms with Gasteiger partial charge in [0.05, 0.1) is 6.61 Å². The van der Waals surface area contributed by atoms with E-state index in [9.17, 15) is 4.79 Å².